The first kappa shape index (κ1) is 12.9. The molecule has 2 bridgehead atoms. The normalized spacial score (nSPS) is 39.3. The third kappa shape index (κ3) is 2.72. The van der Waals surface area contributed by atoms with Gasteiger partial charge >= 0.3 is 0 Å². The zero-order chi connectivity index (χ0) is 12.5. The molecule has 0 aromatic heterocycles. The quantitative estimate of drug-likeness (QED) is 0.778. The van der Waals surface area contributed by atoms with E-state index in [1.807, 2.05) is 0 Å². The Morgan fingerprint density at radius 2 is 1.56 bits per heavy atom. The van der Waals surface area contributed by atoms with Crippen molar-refractivity contribution in [2.24, 2.45) is 5.73 Å². The Hall–Kier alpha value is -0.160. The van der Waals surface area contributed by atoms with Crippen LogP contribution in [0.25, 0.3) is 0 Å². The van der Waals surface area contributed by atoms with E-state index in [-0.39, 0.29) is 0 Å². The summed E-state index contributed by atoms with van der Waals surface area (Å²) in [5.41, 5.74) is 6.13. The van der Waals surface area contributed by atoms with Gasteiger partial charge in [-0.3, -0.25) is 9.80 Å². The van der Waals surface area contributed by atoms with Gasteiger partial charge in [-0.25, -0.2) is 0 Å². The first-order valence-electron chi connectivity index (χ1n) is 7.64. The summed E-state index contributed by atoms with van der Waals surface area (Å²) in [5.74, 6) is 0. The molecule has 3 saturated heterocycles. The number of likely N-dealkylation sites (N-methyl/N-ethyl adjacent to an activating group) is 1. The summed E-state index contributed by atoms with van der Waals surface area (Å²) < 4.78 is 0. The van der Waals surface area contributed by atoms with Crippen molar-refractivity contribution in [2.75, 3.05) is 46.3 Å². The average Bonchev–Trinajstić information content (AvgIpc) is 2.60. The van der Waals surface area contributed by atoms with Gasteiger partial charge in [-0.2, -0.15) is 0 Å². The SMILES string of the molecule is CN1CCN(CCN2C3CCC2CC(N)C3)CC1. The molecule has 3 fully saturated rings. The topological polar surface area (TPSA) is 35.7 Å². The van der Waals surface area contributed by atoms with Crippen molar-refractivity contribution in [3.63, 3.8) is 0 Å². The summed E-state index contributed by atoms with van der Waals surface area (Å²) in [6, 6.07) is 2.07. The summed E-state index contributed by atoms with van der Waals surface area (Å²) in [6.45, 7) is 7.50. The minimum Gasteiger partial charge on any atom is -0.328 e. The Morgan fingerprint density at radius 3 is 2.17 bits per heavy atom. The molecule has 3 aliphatic heterocycles. The van der Waals surface area contributed by atoms with Crippen LogP contribution >= 0.6 is 0 Å². The molecule has 0 aromatic rings. The van der Waals surface area contributed by atoms with Crippen molar-refractivity contribution in [3.05, 3.63) is 0 Å². The summed E-state index contributed by atoms with van der Waals surface area (Å²) in [6.07, 6.45) is 5.25. The smallest absolute Gasteiger partial charge is 0.0115 e. The summed E-state index contributed by atoms with van der Waals surface area (Å²) in [5, 5.41) is 0. The van der Waals surface area contributed by atoms with E-state index in [4.69, 9.17) is 5.73 Å². The van der Waals surface area contributed by atoms with Crippen molar-refractivity contribution >= 4 is 0 Å². The van der Waals surface area contributed by atoms with E-state index in [2.05, 4.69) is 21.7 Å². The molecule has 2 N–H and O–H groups in total. The predicted octanol–water partition coefficient (Wildman–Crippen LogP) is 0.188. The highest BCUT2D eigenvalue weighted by molar-refractivity contribution is 4.96. The molecule has 104 valence electrons. The fraction of sp³-hybridized carbons (Fsp3) is 1.00. The molecule has 4 heteroatoms. The standard InChI is InChI=1S/C14H28N4/c1-16-4-6-17(7-5-16)8-9-18-13-2-3-14(18)11-12(15)10-13/h12-14H,2-11,15H2,1H3. The Kier molecular flexibility index (Phi) is 3.89. The van der Waals surface area contributed by atoms with Crippen molar-refractivity contribution < 1.29 is 0 Å². The van der Waals surface area contributed by atoms with E-state index in [0.717, 1.165) is 12.1 Å². The summed E-state index contributed by atoms with van der Waals surface area (Å²) in [4.78, 5) is 7.83. The van der Waals surface area contributed by atoms with Gasteiger partial charge in [0.2, 0.25) is 0 Å². The maximum Gasteiger partial charge on any atom is 0.0115 e. The van der Waals surface area contributed by atoms with Gasteiger partial charge in [-0.1, -0.05) is 0 Å². The zero-order valence-electron chi connectivity index (χ0n) is 11.7. The van der Waals surface area contributed by atoms with E-state index in [9.17, 15) is 0 Å². The fourth-order valence-electron chi connectivity index (χ4n) is 4.01. The molecule has 3 heterocycles. The monoisotopic (exact) mass is 252 g/mol. The van der Waals surface area contributed by atoms with Gasteiger partial charge < -0.3 is 10.6 Å². The predicted molar refractivity (Wildman–Crippen MR) is 74.7 cm³/mol. The molecule has 0 radical (unpaired) electrons. The third-order valence-electron chi connectivity index (χ3n) is 5.19. The van der Waals surface area contributed by atoms with Crippen LogP contribution in [0.1, 0.15) is 25.7 Å². The van der Waals surface area contributed by atoms with Gasteiger partial charge in [0.25, 0.3) is 0 Å². The van der Waals surface area contributed by atoms with Gasteiger partial charge in [0.1, 0.15) is 0 Å². The van der Waals surface area contributed by atoms with Gasteiger partial charge in [-0.15, -0.1) is 0 Å². The Balaban J connectivity index is 1.46. The van der Waals surface area contributed by atoms with Crippen molar-refractivity contribution in [1.82, 2.24) is 14.7 Å². The second kappa shape index (κ2) is 5.45. The Bertz CT molecular complexity index is 261. The van der Waals surface area contributed by atoms with Gasteiger partial charge in [0.05, 0.1) is 0 Å². The Labute approximate surface area is 111 Å². The number of piperidine rings is 1. The molecule has 3 rings (SSSR count). The summed E-state index contributed by atoms with van der Waals surface area (Å²) >= 11 is 0. The molecule has 2 unspecified atom stereocenters. The molecule has 4 nitrogen and oxygen atoms in total. The van der Waals surface area contributed by atoms with Crippen molar-refractivity contribution in [1.29, 1.82) is 0 Å². The van der Waals surface area contributed by atoms with Crippen molar-refractivity contribution in [3.8, 4) is 0 Å². The van der Waals surface area contributed by atoms with Crippen LogP contribution in [0.3, 0.4) is 0 Å². The van der Waals surface area contributed by atoms with Gasteiger partial charge in [0, 0.05) is 57.4 Å². The number of fused-ring (bicyclic) bond motifs is 2. The summed E-state index contributed by atoms with van der Waals surface area (Å²) in [7, 11) is 2.23. The molecule has 0 aliphatic carbocycles. The van der Waals surface area contributed by atoms with E-state index in [1.54, 1.807) is 0 Å². The van der Waals surface area contributed by atoms with Crippen LogP contribution in [0.15, 0.2) is 0 Å². The first-order valence-corrected chi connectivity index (χ1v) is 7.64. The second-order valence-electron chi connectivity index (χ2n) is 6.50. The maximum absolute atomic E-state index is 6.13. The lowest BCUT2D eigenvalue weighted by molar-refractivity contribution is 0.0911. The lowest BCUT2D eigenvalue weighted by Gasteiger charge is -2.40. The molecule has 0 amide bonds. The van der Waals surface area contributed by atoms with Gasteiger partial charge in [0.15, 0.2) is 0 Å². The number of hydrogen-bond acceptors (Lipinski definition) is 4. The van der Waals surface area contributed by atoms with Crippen LogP contribution < -0.4 is 5.73 Å². The van der Waals surface area contributed by atoms with Crippen LogP contribution in [0.4, 0.5) is 0 Å². The number of nitrogens with zero attached hydrogens (tertiary/aromatic N) is 3. The second-order valence-corrected chi connectivity index (χ2v) is 6.50. The number of rotatable bonds is 3. The lowest BCUT2D eigenvalue weighted by atomic mass is 9.98. The molecule has 0 spiro atoms. The highest BCUT2D eigenvalue weighted by Gasteiger charge is 2.39. The maximum atomic E-state index is 6.13. The highest BCUT2D eigenvalue weighted by Crippen LogP contribution is 2.34. The van der Waals surface area contributed by atoms with E-state index in [1.165, 1.54) is 65.0 Å². The molecule has 18 heavy (non-hydrogen) atoms. The number of hydrogen-bond donors (Lipinski definition) is 1. The highest BCUT2D eigenvalue weighted by atomic mass is 15.3. The molecular weight excluding hydrogens is 224 g/mol. The Morgan fingerprint density at radius 1 is 0.944 bits per heavy atom. The molecule has 0 saturated carbocycles. The number of piperazine rings is 1. The average molecular weight is 252 g/mol. The number of nitrogens with two attached hydrogens (primary N) is 1. The largest absolute Gasteiger partial charge is 0.328 e. The minimum atomic E-state index is 0.474. The van der Waals surface area contributed by atoms with E-state index in [0.29, 0.717) is 6.04 Å². The molecule has 2 atom stereocenters. The minimum absolute atomic E-state index is 0.474. The van der Waals surface area contributed by atoms with Crippen LogP contribution in [0, 0.1) is 0 Å². The van der Waals surface area contributed by atoms with Crippen molar-refractivity contribution in [2.45, 2.75) is 43.8 Å². The van der Waals surface area contributed by atoms with Crippen LogP contribution in [0.2, 0.25) is 0 Å². The van der Waals surface area contributed by atoms with Crippen LogP contribution in [-0.4, -0.2) is 79.1 Å². The fourth-order valence-corrected chi connectivity index (χ4v) is 4.01. The molecular formula is C14H28N4. The van der Waals surface area contributed by atoms with E-state index < -0.39 is 0 Å². The van der Waals surface area contributed by atoms with Crippen LogP contribution in [-0.2, 0) is 0 Å². The third-order valence-corrected chi connectivity index (χ3v) is 5.19. The van der Waals surface area contributed by atoms with Gasteiger partial charge in [-0.05, 0) is 32.7 Å². The molecule has 3 aliphatic rings. The zero-order valence-corrected chi connectivity index (χ0v) is 11.7. The van der Waals surface area contributed by atoms with E-state index >= 15 is 0 Å². The van der Waals surface area contributed by atoms with Crippen LogP contribution in [0.5, 0.6) is 0 Å². The molecule has 0 aromatic carbocycles. The first-order chi connectivity index (χ1) is 8.72. The lowest BCUT2D eigenvalue weighted by Crippen LogP contribution is -2.51.